The summed E-state index contributed by atoms with van der Waals surface area (Å²) in [5.41, 5.74) is 0.589. The van der Waals surface area contributed by atoms with Crippen molar-refractivity contribution in [2.24, 2.45) is 5.92 Å². The number of piperidine rings is 1. The third-order valence-corrected chi connectivity index (χ3v) is 3.47. The molecule has 0 radical (unpaired) electrons. The third-order valence-electron chi connectivity index (χ3n) is 3.47. The molecule has 1 amide bonds. The van der Waals surface area contributed by atoms with Gasteiger partial charge in [0, 0.05) is 18.7 Å². The first kappa shape index (κ1) is 14.5. The summed E-state index contributed by atoms with van der Waals surface area (Å²) >= 11 is 0. The number of amides is 1. The van der Waals surface area contributed by atoms with E-state index in [1.54, 1.807) is 36.1 Å². The Labute approximate surface area is 118 Å². The highest BCUT2D eigenvalue weighted by Gasteiger charge is 2.36. The number of esters is 1. The first-order chi connectivity index (χ1) is 9.63. The second-order valence-corrected chi connectivity index (χ2v) is 4.83. The van der Waals surface area contributed by atoms with Crippen LogP contribution in [0.1, 0.15) is 23.7 Å². The van der Waals surface area contributed by atoms with Crippen LogP contribution in [0, 0.1) is 5.92 Å². The Balaban J connectivity index is 2.07. The van der Waals surface area contributed by atoms with Gasteiger partial charge in [-0.2, -0.15) is 0 Å². The van der Waals surface area contributed by atoms with E-state index in [1.165, 1.54) is 0 Å². The van der Waals surface area contributed by atoms with Crippen LogP contribution in [-0.2, 0) is 9.53 Å². The van der Waals surface area contributed by atoms with Crippen LogP contribution in [0.2, 0.25) is 0 Å². The Bertz CT molecular complexity index is 474. The molecule has 20 heavy (non-hydrogen) atoms. The van der Waals surface area contributed by atoms with E-state index in [-0.39, 0.29) is 19.1 Å². The SMILES string of the molecule is CCOC(=O)[C@H]1CN(C(=O)c2ccccc2)CC[C@@H]1O. The molecule has 0 spiro atoms. The minimum atomic E-state index is -0.742. The number of likely N-dealkylation sites (tertiary alicyclic amines) is 1. The van der Waals surface area contributed by atoms with Crippen molar-refractivity contribution in [1.29, 1.82) is 0 Å². The molecule has 0 saturated carbocycles. The van der Waals surface area contributed by atoms with Gasteiger partial charge in [-0.1, -0.05) is 18.2 Å². The van der Waals surface area contributed by atoms with E-state index < -0.39 is 18.0 Å². The number of nitrogens with zero attached hydrogens (tertiary/aromatic N) is 1. The molecule has 0 unspecified atom stereocenters. The van der Waals surface area contributed by atoms with Gasteiger partial charge in [0.05, 0.1) is 12.7 Å². The fourth-order valence-corrected chi connectivity index (χ4v) is 2.37. The van der Waals surface area contributed by atoms with Crippen molar-refractivity contribution in [2.45, 2.75) is 19.4 Å². The smallest absolute Gasteiger partial charge is 0.313 e. The maximum atomic E-state index is 12.3. The standard InChI is InChI=1S/C15H19NO4/c1-2-20-15(19)12-10-16(9-8-13(12)17)14(18)11-6-4-3-5-7-11/h3-7,12-13,17H,2,8-10H2,1H3/t12-,13-/m0/s1. The van der Waals surface area contributed by atoms with Crippen LogP contribution in [0.15, 0.2) is 30.3 Å². The number of hydrogen-bond acceptors (Lipinski definition) is 4. The zero-order valence-corrected chi connectivity index (χ0v) is 11.5. The number of ether oxygens (including phenoxy) is 1. The van der Waals surface area contributed by atoms with Crippen LogP contribution in [0.25, 0.3) is 0 Å². The molecule has 1 N–H and O–H groups in total. The summed E-state index contributed by atoms with van der Waals surface area (Å²) in [5, 5.41) is 9.90. The van der Waals surface area contributed by atoms with Gasteiger partial charge in [-0.3, -0.25) is 9.59 Å². The van der Waals surface area contributed by atoms with Crippen molar-refractivity contribution in [1.82, 2.24) is 4.90 Å². The van der Waals surface area contributed by atoms with Crippen LogP contribution >= 0.6 is 0 Å². The van der Waals surface area contributed by atoms with Gasteiger partial charge in [-0.25, -0.2) is 0 Å². The van der Waals surface area contributed by atoms with Crippen molar-refractivity contribution in [3.05, 3.63) is 35.9 Å². The molecule has 1 aliphatic heterocycles. The summed E-state index contributed by atoms with van der Waals surface area (Å²) in [7, 11) is 0. The summed E-state index contributed by atoms with van der Waals surface area (Å²) in [5.74, 6) is -1.21. The Kier molecular flexibility index (Phi) is 4.74. The normalized spacial score (nSPS) is 22.4. The average molecular weight is 277 g/mol. The van der Waals surface area contributed by atoms with Gasteiger partial charge in [0.1, 0.15) is 5.92 Å². The summed E-state index contributed by atoms with van der Waals surface area (Å²) < 4.78 is 4.95. The second-order valence-electron chi connectivity index (χ2n) is 4.83. The number of hydrogen-bond donors (Lipinski definition) is 1. The van der Waals surface area contributed by atoms with Crippen molar-refractivity contribution in [2.75, 3.05) is 19.7 Å². The van der Waals surface area contributed by atoms with Crippen LogP contribution in [-0.4, -0.2) is 47.7 Å². The molecule has 5 heteroatoms. The molecule has 1 saturated heterocycles. The fourth-order valence-electron chi connectivity index (χ4n) is 2.37. The van der Waals surface area contributed by atoms with Crippen LogP contribution < -0.4 is 0 Å². The Morgan fingerprint density at radius 3 is 2.70 bits per heavy atom. The number of aliphatic hydroxyl groups is 1. The number of benzene rings is 1. The largest absolute Gasteiger partial charge is 0.466 e. The van der Waals surface area contributed by atoms with Crippen molar-refractivity contribution >= 4 is 11.9 Å². The van der Waals surface area contributed by atoms with Crippen molar-refractivity contribution in [3.63, 3.8) is 0 Å². The van der Waals surface area contributed by atoms with Gasteiger partial charge in [0.2, 0.25) is 0 Å². The highest BCUT2D eigenvalue weighted by atomic mass is 16.5. The van der Waals surface area contributed by atoms with E-state index in [0.29, 0.717) is 18.5 Å². The van der Waals surface area contributed by atoms with E-state index in [0.717, 1.165) is 0 Å². The Hall–Kier alpha value is -1.88. The topological polar surface area (TPSA) is 66.8 Å². The summed E-state index contributed by atoms with van der Waals surface area (Å²) in [4.78, 5) is 25.7. The predicted molar refractivity (Wildman–Crippen MR) is 73.1 cm³/mol. The van der Waals surface area contributed by atoms with Crippen LogP contribution in [0.5, 0.6) is 0 Å². The predicted octanol–water partition coefficient (Wildman–Crippen LogP) is 1.07. The molecule has 5 nitrogen and oxygen atoms in total. The minimum absolute atomic E-state index is 0.119. The maximum absolute atomic E-state index is 12.3. The molecule has 2 rings (SSSR count). The molecule has 1 heterocycles. The van der Waals surface area contributed by atoms with Gasteiger partial charge in [-0.15, -0.1) is 0 Å². The Morgan fingerprint density at radius 1 is 1.35 bits per heavy atom. The fraction of sp³-hybridized carbons (Fsp3) is 0.467. The molecule has 0 aliphatic carbocycles. The molecule has 1 aliphatic rings. The minimum Gasteiger partial charge on any atom is -0.466 e. The molecule has 0 aromatic heterocycles. The zero-order valence-electron chi connectivity index (χ0n) is 11.5. The zero-order chi connectivity index (χ0) is 14.5. The molecule has 2 atom stereocenters. The summed E-state index contributed by atoms with van der Waals surface area (Å²) in [6.07, 6.45) is -0.351. The second kappa shape index (κ2) is 6.52. The van der Waals surface area contributed by atoms with Crippen molar-refractivity contribution in [3.8, 4) is 0 Å². The van der Waals surface area contributed by atoms with Gasteiger partial charge >= 0.3 is 5.97 Å². The number of aliphatic hydroxyl groups excluding tert-OH is 1. The molecular weight excluding hydrogens is 258 g/mol. The van der Waals surface area contributed by atoms with Crippen molar-refractivity contribution < 1.29 is 19.4 Å². The number of carbonyl (C=O) groups excluding carboxylic acids is 2. The molecule has 1 aromatic rings. The number of carbonyl (C=O) groups is 2. The quantitative estimate of drug-likeness (QED) is 0.839. The lowest BCUT2D eigenvalue weighted by molar-refractivity contribution is -0.154. The lowest BCUT2D eigenvalue weighted by Gasteiger charge is -2.34. The van der Waals surface area contributed by atoms with Crippen LogP contribution in [0.4, 0.5) is 0 Å². The Morgan fingerprint density at radius 2 is 2.05 bits per heavy atom. The molecule has 0 bridgehead atoms. The van der Waals surface area contributed by atoms with E-state index in [4.69, 9.17) is 4.74 Å². The monoisotopic (exact) mass is 277 g/mol. The number of rotatable bonds is 3. The molecular formula is C15H19NO4. The first-order valence-corrected chi connectivity index (χ1v) is 6.82. The van der Waals surface area contributed by atoms with E-state index in [1.807, 2.05) is 6.07 Å². The molecule has 1 fully saturated rings. The molecule has 1 aromatic carbocycles. The third kappa shape index (κ3) is 3.17. The molecule has 108 valence electrons. The van der Waals surface area contributed by atoms with E-state index in [2.05, 4.69) is 0 Å². The lowest BCUT2D eigenvalue weighted by atomic mass is 9.94. The van der Waals surface area contributed by atoms with Gasteiger partial charge in [0.15, 0.2) is 0 Å². The average Bonchev–Trinajstić information content (AvgIpc) is 2.48. The van der Waals surface area contributed by atoms with E-state index >= 15 is 0 Å². The highest BCUT2D eigenvalue weighted by molar-refractivity contribution is 5.94. The summed E-state index contributed by atoms with van der Waals surface area (Å²) in [6, 6.07) is 8.93. The van der Waals surface area contributed by atoms with E-state index in [9.17, 15) is 14.7 Å². The first-order valence-electron chi connectivity index (χ1n) is 6.82. The highest BCUT2D eigenvalue weighted by Crippen LogP contribution is 2.20. The summed E-state index contributed by atoms with van der Waals surface area (Å²) in [6.45, 7) is 2.65. The van der Waals surface area contributed by atoms with Crippen LogP contribution in [0.3, 0.4) is 0 Å². The maximum Gasteiger partial charge on any atom is 0.313 e. The van der Waals surface area contributed by atoms with Gasteiger partial charge < -0.3 is 14.7 Å². The lowest BCUT2D eigenvalue weighted by Crippen LogP contribution is -2.49. The van der Waals surface area contributed by atoms with Gasteiger partial charge in [0.25, 0.3) is 5.91 Å². The van der Waals surface area contributed by atoms with Gasteiger partial charge in [-0.05, 0) is 25.5 Å².